The first-order chi connectivity index (χ1) is 7.99. The molecule has 1 N–H and O–H groups in total. The fourth-order valence-corrected chi connectivity index (χ4v) is 1.80. The summed E-state index contributed by atoms with van der Waals surface area (Å²) in [6, 6.07) is 2.37. The molecule has 90 valence electrons. The van der Waals surface area contributed by atoms with Crippen LogP contribution in [0.4, 0.5) is 8.78 Å². The molecule has 1 heterocycles. The lowest BCUT2D eigenvalue weighted by Crippen LogP contribution is -1.93. The summed E-state index contributed by atoms with van der Waals surface area (Å²) in [4.78, 5) is 4.07. The lowest BCUT2D eigenvalue weighted by molar-refractivity contribution is 0.586. The summed E-state index contributed by atoms with van der Waals surface area (Å²) >= 11 is 3.02. The lowest BCUT2D eigenvalue weighted by atomic mass is 10.2. The van der Waals surface area contributed by atoms with Gasteiger partial charge in [0.15, 0.2) is 5.82 Å². The SMILES string of the molecule is CC(C)c1nc(-c2c(F)cc(Br)cc2F)n[nH]1. The number of aromatic amines is 1. The van der Waals surface area contributed by atoms with Crippen molar-refractivity contribution < 1.29 is 8.78 Å². The van der Waals surface area contributed by atoms with Crippen molar-refractivity contribution in [2.24, 2.45) is 0 Å². The number of halogens is 3. The molecule has 2 rings (SSSR count). The molecular formula is C11H10BrF2N3. The number of hydrogen-bond acceptors (Lipinski definition) is 2. The molecule has 0 unspecified atom stereocenters. The number of benzene rings is 1. The standard InChI is InChI=1S/C11H10BrF2N3/c1-5(2)10-15-11(17-16-10)9-7(13)3-6(12)4-8(9)14/h3-5H,1-2H3,(H,15,16,17). The Morgan fingerprint density at radius 3 is 2.29 bits per heavy atom. The maximum Gasteiger partial charge on any atom is 0.187 e. The molecule has 3 nitrogen and oxygen atoms in total. The summed E-state index contributed by atoms with van der Waals surface area (Å²) in [5, 5.41) is 6.49. The van der Waals surface area contributed by atoms with E-state index in [2.05, 4.69) is 31.1 Å². The summed E-state index contributed by atoms with van der Waals surface area (Å²) in [5.41, 5.74) is -0.212. The van der Waals surface area contributed by atoms with E-state index in [1.807, 2.05) is 13.8 Å². The van der Waals surface area contributed by atoms with E-state index in [0.29, 0.717) is 10.3 Å². The minimum absolute atomic E-state index is 0.0381. The molecule has 0 saturated carbocycles. The van der Waals surface area contributed by atoms with Gasteiger partial charge < -0.3 is 0 Å². The zero-order chi connectivity index (χ0) is 12.6. The topological polar surface area (TPSA) is 41.6 Å². The van der Waals surface area contributed by atoms with E-state index < -0.39 is 11.6 Å². The predicted octanol–water partition coefficient (Wildman–Crippen LogP) is 3.64. The molecule has 1 aromatic heterocycles. The van der Waals surface area contributed by atoms with Crippen molar-refractivity contribution in [1.29, 1.82) is 0 Å². The smallest absolute Gasteiger partial charge is 0.187 e. The third-order valence-electron chi connectivity index (χ3n) is 2.28. The second-order valence-electron chi connectivity index (χ2n) is 3.94. The average Bonchev–Trinajstić information content (AvgIpc) is 2.65. The van der Waals surface area contributed by atoms with Crippen LogP contribution in [0.25, 0.3) is 11.4 Å². The van der Waals surface area contributed by atoms with Crippen LogP contribution in [0, 0.1) is 11.6 Å². The van der Waals surface area contributed by atoms with Gasteiger partial charge in [0, 0.05) is 10.4 Å². The van der Waals surface area contributed by atoms with Gasteiger partial charge in [0.25, 0.3) is 0 Å². The van der Waals surface area contributed by atoms with Gasteiger partial charge >= 0.3 is 0 Å². The molecule has 0 atom stereocenters. The normalized spacial score (nSPS) is 11.2. The Morgan fingerprint density at radius 1 is 1.24 bits per heavy atom. The molecule has 0 spiro atoms. The molecule has 0 aliphatic rings. The van der Waals surface area contributed by atoms with Crippen LogP contribution in [-0.2, 0) is 0 Å². The first kappa shape index (κ1) is 12.2. The van der Waals surface area contributed by atoms with Gasteiger partial charge in [-0.25, -0.2) is 13.8 Å². The summed E-state index contributed by atoms with van der Waals surface area (Å²) < 4.78 is 27.6. The highest BCUT2D eigenvalue weighted by atomic mass is 79.9. The third-order valence-corrected chi connectivity index (χ3v) is 2.74. The van der Waals surface area contributed by atoms with E-state index in [-0.39, 0.29) is 17.3 Å². The van der Waals surface area contributed by atoms with E-state index in [9.17, 15) is 8.78 Å². The zero-order valence-electron chi connectivity index (χ0n) is 9.26. The molecule has 0 amide bonds. The third kappa shape index (κ3) is 2.36. The first-order valence-electron chi connectivity index (χ1n) is 5.06. The Bertz CT molecular complexity index is 528. The van der Waals surface area contributed by atoms with Crippen LogP contribution in [0.2, 0.25) is 0 Å². The Kier molecular flexibility index (Phi) is 3.24. The number of nitrogens with one attached hydrogen (secondary N) is 1. The molecule has 0 fully saturated rings. The maximum absolute atomic E-state index is 13.6. The fourth-order valence-electron chi connectivity index (χ4n) is 1.40. The maximum atomic E-state index is 13.6. The van der Waals surface area contributed by atoms with Crippen molar-refractivity contribution in [3.05, 3.63) is 34.1 Å². The fraction of sp³-hybridized carbons (Fsp3) is 0.273. The van der Waals surface area contributed by atoms with Gasteiger partial charge in [-0.1, -0.05) is 29.8 Å². The monoisotopic (exact) mass is 301 g/mol. The van der Waals surface area contributed by atoms with Gasteiger partial charge in [-0.3, -0.25) is 5.10 Å². The Morgan fingerprint density at radius 2 is 1.82 bits per heavy atom. The molecule has 0 saturated heterocycles. The molecular weight excluding hydrogens is 292 g/mol. The van der Waals surface area contributed by atoms with Crippen molar-refractivity contribution >= 4 is 15.9 Å². The number of H-pyrrole nitrogens is 1. The highest BCUT2D eigenvalue weighted by Crippen LogP contribution is 2.27. The molecule has 0 bridgehead atoms. The van der Waals surface area contributed by atoms with Gasteiger partial charge in [-0.05, 0) is 12.1 Å². The first-order valence-corrected chi connectivity index (χ1v) is 5.85. The van der Waals surface area contributed by atoms with Gasteiger partial charge in [0.2, 0.25) is 0 Å². The zero-order valence-corrected chi connectivity index (χ0v) is 10.8. The lowest BCUT2D eigenvalue weighted by Gasteiger charge is -2.01. The van der Waals surface area contributed by atoms with Crippen molar-refractivity contribution in [3.63, 3.8) is 0 Å². The Labute approximate surface area is 105 Å². The van der Waals surface area contributed by atoms with Crippen molar-refractivity contribution in [3.8, 4) is 11.4 Å². The van der Waals surface area contributed by atoms with Crippen LogP contribution in [0.3, 0.4) is 0 Å². The molecule has 2 aromatic rings. The quantitative estimate of drug-likeness (QED) is 0.920. The van der Waals surface area contributed by atoms with Crippen molar-refractivity contribution in [1.82, 2.24) is 15.2 Å². The number of rotatable bonds is 2. The van der Waals surface area contributed by atoms with Gasteiger partial charge in [0.05, 0.1) is 5.56 Å². The highest BCUT2D eigenvalue weighted by molar-refractivity contribution is 9.10. The predicted molar refractivity (Wildman–Crippen MR) is 63.5 cm³/mol. The molecule has 6 heteroatoms. The number of hydrogen-bond donors (Lipinski definition) is 1. The number of nitrogens with zero attached hydrogens (tertiary/aromatic N) is 2. The molecule has 0 aliphatic carbocycles. The minimum Gasteiger partial charge on any atom is -0.262 e. The highest BCUT2D eigenvalue weighted by Gasteiger charge is 2.17. The van der Waals surface area contributed by atoms with E-state index in [4.69, 9.17) is 0 Å². The van der Waals surface area contributed by atoms with Gasteiger partial charge in [-0.2, -0.15) is 5.10 Å². The van der Waals surface area contributed by atoms with Crippen LogP contribution in [-0.4, -0.2) is 15.2 Å². The molecule has 0 aliphatic heterocycles. The van der Waals surface area contributed by atoms with E-state index >= 15 is 0 Å². The summed E-state index contributed by atoms with van der Waals surface area (Å²) in [6.45, 7) is 3.83. The van der Waals surface area contributed by atoms with Crippen LogP contribution in [0.1, 0.15) is 25.6 Å². The second kappa shape index (κ2) is 4.52. The Hall–Kier alpha value is -1.30. The van der Waals surface area contributed by atoms with Gasteiger partial charge in [0.1, 0.15) is 17.5 Å². The van der Waals surface area contributed by atoms with Gasteiger partial charge in [-0.15, -0.1) is 0 Å². The van der Waals surface area contributed by atoms with E-state index in [0.717, 1.165) is 0 Å². The van der Waals surface area contributed by atoms with Crippen LogP contribution >= 0.6 is 15.9 Å². The van der Waals surface area contributed by atoms with Crippen LogP contribution in [0.5, 0.6) is 0 Å². The minimum atomic E-state index is -0.689. The second-order valence-corrected chi connectivity index (χ2v) is 4.86. The number of aromatic nitrogens is 3. The van der Waals surface area contributed by atoms with Crippen molar-refractivity contribution in [2.75, 3.05) is 0 Å². The van der Waals surface area contributed by atoms with Crippen molar-refractivity contribution in [2.45, 2.75) is 19.8 Å². The van der Waals surface area contributed by atoms with E-state index in [1.54, 1.807) is 0 Å². The Balaban J connectivity index is 2.52. The summed E-state index contributed by atoms with van der Waals surface area (Å²) in [6.07, 6.45) is 0. The molecule has 17 heavy (non-hydrogen) atoms. The van der Waals surface area contributed by atoms with Crippen LogP contribution < -0.4 is 0 Å². The summed E-state index contributed by atoms with van der Waals surface area (Å²) in [5.74, 6) is -0.617. The van der Waals surface area contributed by atoms with E-state index in [1.165, 1.54) is 12.1 Å². The summed E-state index contributed by atoms with van der Waals surface area (Å²) in [7, 11) is 0. The largest absolute Gasteiger partial charge is 0.262 e. The van der Waals surface area contributed by atoms with Crippen LogP contribution in [0.15, 0.2) is 16.6 Å². The molecule has 1 aromatic carbocycles. The molecule has 0 radical (unpaired) electrons. The average molecular weight is 302 g/mol.